The lowest BCUT2D eigenvalue weighted by molar-refractivity contribution is -0.122. The molecule has 110 valence electrons. The summed E-state index contributed by atoms with van der Waals surface area (Å²) in [6.45, 7) is 0.747. The second-order valence-corrected chi connectivity index (χ2v) is 5.73. The zero-order valence-electron chi connectivity index (χ0n) is 12.0. The Hall–Kier alpha value is -1.95. The molecule has 2 aliphatic rings. The quantitative estimate of drug-likeness (QED) is 0.805. The molecule has 1 saturated heterocycles. The molecule has 1 aromatic carbocycles. The third kappa shape index (κ3) is 2.51. The molecule has 0 bridgehead atoms. The maximum atomic E-state index is 12.4. The van der Waals surface area contributed by atoms with E-state index in [4.69, 9.17) is 9.47 Å². The number of carbonyl (C=O) groups excluding carboxylic acids is 1. The topological polar surface area (TPSA) is 51.1 Å². The van der Waals surface area contributed by atoms with Crippen LogP contribution in [0.2, 0.25) is 0 Å². The number of hydrogen-bond donors (Lipinski definition) is 0. The second-order valence-electron chi connectivity index (χ2n) is 4.67. The first-order valence-electron chi connectivity index (χ1n) is 6.70. The van der Waals surface area contributed by atoms with Gasteiger partial charge in [-0.2, -0.15) is 0 Å². The van der Waals surface area contributed by atoms with Gasteiger partial charge >= 0.3 is 0 Å². The van der Waals surface area contributed by atoms with Gasteiger partial charge in [-0.05, 0) is 18.6 Å². The number of thioether (sulfide) groups is 1. The summed E-state index contributed by atoms with van der Waals surface area (Å²) in [5.74, 6) is 2.22. The Balaban J connectivity index is 1.99. The summed E-state index contributed by atoms with van der Waals surface area (Å²) >= 11 is 1.63. The van der Waals surface area contributed by atoms with Crippen LogP contribution in [0.4, 0.5) is 0 Å². The average molecular weight is 304 g/mol. The molecule has 0 aliphatic carbocycles. The fourth-order valence-corrected chi connectivity index (χ4v) is 3.35. The number of methoxy groups -OCH3 is 2. The Kier molecular flexibility index (Phi) is 3.88. The van der Waals surface area contributed by atoms with Gasteiger partial charge in [0, 0.05) is 17.9 Å². The monoisotopic (exact) mass is 304 g/mol. The highest BCUT2D eigenvalue weighted by atomic mass is 32.2. The highest BCUT2D eigenvalue weighted by molar-refractivity contribution is 8.13. The summed E-state index contributed by atoms with van der Waals surface area (Å²) in [6.07, 6.45) is 2.76. The summed E-state index contributed by atoms with van der Waals surface area (Å²) in [4.78, 5) is 18.5. The largest absolute Gasteiger partial charge is 0.493 e. The van der Waals surface area contributed by atoms with E-state index in [9.17, 15) is 4.79 Å². The molecule has 5 nitrogen and oxygen atoms in total. The van der Waals surface area contributed by atoms with Gasteiger partial charge < -0.3 is 9.47 Å². The number of nitrogens with zero attached hydrogens (tertiary/aromatic N) is 2. The number of hydrogen-bond acceptors (Lipinski definition) is 5. The molecule has 3 rings (SSSR count). The second kappa shape index (κ2) is 5.81. The first-order valence-corrected chi connectivity index (χ1v) is 7.69. The van der Waals surface area contributed by atoms with Crippen molar-refractivity contribution in [3.63, 3.8) is 0 Å². The van der Waals surface area contributed by atoms with E-state index in [1.165, 1.54) is 0 Å². The van der Waals surface area contributed by atoms with Crippen molar-refractivity contribution < 1.29 is 14.3 Å². The van der Waals surface area contributed by atoms with Crippen molar-refractivity contribution in [2.45, 2.75) is 6.42 Å². The first kappa shape index (κ1) is 14.0. The van der Waals surface area contributed by atoms with E-state index in [2.05, 4.69) is 4.99 Å². The van der Waals surface area contributed by atoms with Crippen molar-refractivity contribution in [3.05, 3.63) is 29.5 Å². The standard InChI is InChI=1S/C15H16N2O3S/c1-19-12-6-3-5-10(13(12)20-2)9-11-14(18)17-7-4-8-21-15(17)16-11/h3,5-6,9H,4,7-8H2,1-2H3/b11-9-. The predicted molar refractivity (Wildman–Crippen MR) is 83.7 cm³/mol. The van der Waals surface area contributed by atoms with Crippen molar-refractivity contribution in [1.82, 2.24) is 4.90 Å². The molecular formula is C15H16N2O3S. The van der Waals surface area contributed by atoms with Gasteiger partial charge in [-0.15, -0.1) is 0 Å². The van der Waals surface area contributed by atoms with Gasteiger partial charge in [0.2, 0.25) is 0 Å². The molecule has 0 atom stereocenters. The van der Waals surface area contributed by atoms with Crippen LogP contribution in [0.1, 0.15) is 12.0 Å². The fourth-order valence-electron chi connectivity index (χ4n) is 2.40. The third-order valence-electron chi connectivity index (χ3n) is 3.39. The number of carbonyl (C=O) groups is 1. The van der Waals surface area contributed by atoms with Gasteiger partial charge in [-0.1, -0.05) is 23.9 Å². The van der Waals surface area contributed by atoms with E-state index in [0.29, 0.717) is 17.2 Å². The maximum Gasteiger partial charge on any atom is 0.278 e. The number of para-hydroxylation sites is 1. The molecule has 0 saturated carbocycles. The summed E-state index contributed by atoms with van der Waals surface area (Å²) in [5.41, 5.74) is 1.24. The molecular weight excluding hydrogens is 288 g/mol. The molecule has 0 spiro atoms. The van der Waals surface area contributed by atoms with Crippen LogP contribution in [0.3, 0.4) is 0 Å². The molecule has 6 heteroatoms. The first-order chi connectivity index (χ1) is 10.2. The number of aliphatic imine (C=N–C) groups is 1. The summed E-state index contributed by atoms with van der Waals surface area (Å²) in [6, 6.07) is 5.57. The molecule has 0 aromatic heterocycles. The minimum atomic E-state index is -0.0397. The van der Waals surface area contributed by atoms with Gasteiger partial charge in [0.05, 0.1) is 14.2 Å². The average Bonchev–Trinajstić information content (AvgIpc) is 2.83. The minimum absolute atomic E-state index is 0.0397. The minimum Gasteiger partial charge on any atom is -0.493 e. The van der Waals surface area contributed by atoms with Crippen LogP contribution in [0, 0.1) is 0 Å². The number of ether oxygens (including phenoxy) is 2. The van der Waals surface area contributed by atoms with Crippen LogP contribution >= 0.6 is 11.8 Å². The molecule has 2 heterocycles. The van der Waals surface area contributed by atoms with Crippen LogP contribution in [0.5, 0.6) is 11.5 Å². The number of amidine groups is 1. The lowest BCUT2D eigenvalue weighted by atomic mass is 10.1. The van der Waals surface area contributed by atoms with Crippen LogP contribution in [0.25, 0.3) is 6.08 Å². The van der Waals surface area contributed by atoms with E-state index in [1.807, 2.05) is 18.2 Å². The maximum absolute atomic E-state index is 12.4. The predicted octanol–water partition coefficient (Wildman–Crippen LogP) is 2.38. The zero-order valence-corrected chi connectivity index (χ0v) is 12.8. The zero-order chi connectivity index (χ0) is 14.8. The van der Waals surface area contributed by atoms with Crippen molar-refractivity contribution in [1.29, 1.82) is 0 Å². The summed E-state index contributed by atoms with van der Waals surface area (Å²) in [7, 11) is 3.17. The molecule has 1 aromatic rings. The Morgan fingerprint density at radius 2 is 2.19 bits per heavy atom. The lowest BCUT2D eigenvalue weighted by Crippen LogP contribution is -2.34. The van der Waals surface area contributed by atoms with E-state index in [0.717, 1.165) is 29.4 Å². The Bertz CT molecular complexity index is 640. The normalized spacial score (nSPS) is 19.5. The molecule has 1 amide bonds. The van der Waals surface area contributed by atoms with Crippen molar-refractivity contribution in [3.8, 4) is 11.5 Å². The summed E-state index contributed by atoms with van der Waals surface area (Å²) in [5, 5.41) is 0.805. The van der Waals surface area contributed by atoms with E-state index < -0.39 is 0 Å². The van der Waals surface area contributed by atoms with Crippen molar-refractivity contribution >= 4 is 28.9 Å². The van der Waals surface area contributed by atoms with Gasteiger partial charge in [0.25, 0.3) is 5.91 Å². The van der Waals surface area contributed by atoms with Crippen molar-refractivity contribution in [2.24, 2.45) is 4.99 Å². The number of amides is 1. The van der Waals surface area contributed by atoms with Crippen LogP contribution < -0.4 is 9.47 Å². The Morgan fingerprint density at radius 1 is 1.33 bits per heavy atom. The highest BCUT2D eigenvalue weighted by Crippen LogP contribution is 2.34. The Labute approximate surface area is 127 Å². The van der Waals surface area contributed by atoms with E-state index >= 15 is 0 Å². The van der Waals surface area contributed by atoms with Crippen LogP contribution in [-0.4, -0.2) is 42.5 Å². The van der Waals surface area contributed by atoms with Crippen LogP contribution in [-0.2, 0) is 4.79 Å². The van der Waals surface area contributed by atoms with E-state index in [-0.39, 0.29) is 5.91 Å². The van der Waals surface area contributed by atoms with Crippen molar-refractivity contribution in [2.75, 3.05) is 26.5 Å². The molecule has 0 radical (unpaired) electrons. The van der Waals surface area contributed by atoms with Crippen LogP contribution in [0.15, 0.2) is 28.9 Å². The number of rotatable bonds is 3. The van der Waals surface area contributed by atoms with E-state index in [1.54, 1.807) is 37.0 Å². The number of benzene rings is 1. The lowest BCUT2D eigenvalue weighted by Gasteiger charge is -2.21. The summed E-state index contributed by atoms with van der Waals surface area (Å²) < 4.78 is 10.7. The van der Waals surface area contributed by atoms with Gasteiger partial charge in [-0.25, -0.2) is 4.99 Å². The molecule has 1 fully saturated rings. The molecule has 0 unspecified atom stereocenters. The Morgan fingerprint density at radius 3 is 2.90 bits per heavy atom. The van der Waals surface area contributed by atoms with Gasteiger partial charge in [0.1, 0.15) is 5.70 Å². The SMILES string of the molecule is COc1cccc(/C=C2\N=C3SCCCN3C2=O)c1OC. The number of fused-ring (bicyclic) bond motifs is 1. The third-order valence-corrected chi connectivity index (χ3v) is 4.46. The molecule has 21 heavy (non-hydrogen) atoms. The fraction of sp³-hybridized carbons (Fsp3) is 0.333. The molecule has 2 aliphatic heterocycles. The van der Waals surface area contributed by atoms with Gasteiger partial charge in [0.15, 0.2) is 16.7 Å². The smallest absolute Gasteiger partial charge is 0.278 e. The van der Waals surface area contributed by atoms with Gasteiger partial charge in [-0.3, -0.25) is 9.69 Å². The highest BCUT2D eigenvalue weighted by Gasteiger charge is 2.32. The molecule has 0 N–H and O–H groups in total.